The van der Waals surface area contributed by atoms with Crippen molar-refractivity contribution in [3.63, 3.8) is 0 Å². The van der Waals surface area contributed by atoms with Crippen molar-refractivity contribution in [3.05, 3.63) is 12.2 Å². The third kappa shape index (κ3) is 2.91. The average molecular weight is 172 g/mol. The predicted octanol–water partition coefficient (Wildman–Crippen LogP) is -1.21. The molecule has 4 nitrogen and oxygen atoms in total. The molecular weight excluding hydrogens is 156 g/mol. The van der Waals surface area contributed by atoms with Crippen LogP contribution in [0.3, 0.4) is 0 Å². The van der Waals surface area contributed by atoms with Crippen molar-refractivity contribution in [3.8, 4) is 0 Å². The molecule has 1 heterocycles. The summed E-state index contributed by atoms with van der Waals surface area (Å²) in [6, 6.07) is -0.172. The minimum absolute atomic E-state index is 0.172. The lowest BCUT2D eigenvalue weighted by molar-refractivity contribution is -0.0514. The van der Waals surface area contributed by atoms with Crippen molar-refractivity contribution in [2.75, 3.05) is 13.1 Å². The van der Waals surface area contributed by atoms with Crippen molar-refractivity contribution < 1.29 is 10.2 Å². The molecule has 5 N–H and O–H groups in total. The molecular formula is C8H16N2O2. The number of nitrogens with one attached hydrogen (secondary N) is 1. The van der Waals surface area contributed by atoms with Crippen molar-refractivity contribution in [2.24, 2.45) is 11.7 Å². The van der Waals surface area contributed by atoms with Crippen LogP contribution in [0.25, 0.3) is 0 Å². The van der Waals surface area contributed by atoms with E-state index in [1.807, 2.05) is 12.2 Å². The molecule has 0 radical (unpaired) electrons. The number of hydrogen-bond donors (Lipinski definition) is 4. The number of nitrogens with two attached hydrogens (primary N) is 1. The maximum Gasteiger partial charge on any atom is 0.152 e. The molecule has 0 spiro atoms. The van der Waals surface area contributed by atoms with E-state index in [0.717, 1.165) is 13.1 Å². The minimum atomic E-state index is -1.30. The molecule has 0 aromatic carbocycles. The van der Waals surface area contributed by atoms with Gasteiger partial charge >= 0.3 is 0 Å². The Balaban J connectivity index is 2.34. The molecule has 2 unspecified atom stereocenters. The van der Waals surface area contributed by atoms with Gasteiger partial charge in [-0.2, -0.15) is 0 Å². The lowest BCUT2D eigenvalue weighted by Crippen LogP contribution is -2.40. The maximum atomic E-state index is 8.68. The Labute approximate surface area is 72.1 Å². The van der Waals surface area contributed by atoms with Crippen LogP contribution in [0, 0.1) is 5.92 Å². The number of hydrogen-bond acceptors (Lipinski definition) is 4. The van der Waals surface area contributed by atoms with Crippen molar-refractivity contribution in [1.82, 2.24) is 5.32 Å². The Bertz CT molecular complexity index is 159. The summed E-state index contributed by atoms with van der Waals surface area (Å²) in [5.74, 6) is 0.223. The normalized spacial score (nSPS) is 26.2. The van der Waals surface area contributed by atoms with Gasteiger partial charge in [0, 0.05) is 31.5 Å². The van der Waals surface area contributed by atoms with Gasteiger partial charge in [-0.3, -0.25) is 0 Å². The topological polar surface area (TPSA) is 78.5 Å². The number of aliphatic hydroxyl groups excluding tert-OH is 1. The quantitative estimate of drug-likeness (QED) is 0.318. The highest BCUT2D eigenvalue weighted by Gasteiger charge is 2.18. The van der Waals surface area contributed by atoms with Crippen LogP contribution in [0.5, 0.6) is 0 Å². The van der Waals surface area contributed by atoms with Gasteiger partial charge in [0.15, 0.2) is 6.29 Å². The molecule has 4 heteroatoms. The molecule has 0 bridgehead atoms. The lowest BCUT2D eigenvalue weighted by atomic mass is 9.95. The SMILES string of the molecule is NC(CC(O)O)C1C=CCNC1. The average Bonchev–Trinajstić information content (AvgIpc) is 2.05. The molecule has 70 valence electrons. The second kappa shape index (κ2) is 4.57. The van der Waals surface area contributed by atoms with Crippen molar-refractivity contribution >= 4 is 0 Å². The first-order valence-corrected chi connectivity index (χ1v) is 4.19. The van der Waals surface area contributed by atoms with Gasteiger partial charge in [-0.15, -0.1) is 0 Å². The Morgan fingerprint density at radius 2 is 2.33 bits per heavy atom. The van der Waals surface area contributed by atoms with Crippen LogP contribution in [-0.4, -0.2) is 35.6 Å². The Morgan fingerprint density at radius 3 is 2.83 bits per heavy atom. The number of aliphatic hydroxyl groups is 2. The van der Waals surface area contributed by atoms with E-state index in [2.05, 4.69) is 5.32 Å². The Morgan fingerprint density at radius 1 is 1.58 bits per heavy atom. The first-order chi connectivity index (χ1) is 5.70. The van der Waals surface area contributed by atoms with E-state index in [1.165, 1.54) is 0 Å². The Hall–Kier alpha value is -0.420. The predicted molar refractivity (Wildman–Crippen MR) is 46.3 cm³/mol. The molecule has 2 atom stereocenters. The summed E-state index contributed by atoms with van der Waals surface area (Å²) in [6.07, 6.45) is 2.98. The molecule has 0 saturated heterocycles. The largest absolute Gasteiger partial charge is 0.368 e. The van der Waals surface area contributed by atoms with Crippen LogP contribution in [0.4, 0.5) is 0 Å². The molecule has 0 aromatic rings. The molecule has 1 rings (SSSR count). The van der Waals surface area contributed by atoms with Gasteiger partial charge in [-0.25, -0.2) is 0 Å². The first-order valence-electron chi connectivity index (χ1n) is 4.19. The summed E-state index contributed by atoms with van der Waals surface area (Å²) in [5, 5.41) is 20.5. The zero-order chi connectivity index (χ0) is 8.97. The molecule has 0 amide bonds. The zero-order valence-corrected chi connectivity index (χ0v) is 6.98. The molecule has 12 heavy (non-hydrogen) atoms. The van der Waals surface area contributed by atoms with Crippen LogP contribution in [0.15, 0.2) is 12.2 Å². The van der Waals surface area contributed by atoms with Gasteiger partial charge in [0.2, 0.25) is 0 Å². The first kappa shape index (κ1) is 9.67. The molecule has 0 fully saturated rings. The second-order valence-electron chi connectivity index (χ2n) is 3.13. The van der Waals surface area contributed by atoms with E-state index in [-0.39, 0.29) is 18.4 Å². The maximum absolute atomic E-state index is 8.68. The van der Waals surface area contributed by atoms with Gasteiger partial charge in [-0.05, 0) is 0 Å². The summed E-state index contributed by atoms with van der Waals surface area (Å²) >= 11 is 0. The van der Waals surface area contributed by atoms with Crippen LogP contribution >= 0.6 is 0 Å². The number of rotatable bonds is 3. The van der Waals surface area contributed by atoms with Gasteiger partial charge in [0.1, 0.15) is 0 Å². The molecule has 1 aliphatic rings. The van der Waals surface area contributed by atoms with E-state index in [4.69, 9.17) is 15.9 Å². The van der Waals surface area contributed by atoms with Crippen LogP contribution in [0.1, 0.15) is 6.42 Å². The zero-order valence-electron chi connectivity index (χ0n) is 6.98. The van der Waals surface area contributed by atoms with Gasteiger partial charge in [-0.1, -0.05) is 12.2 Å². The second-order valence-corrected chi connectivity index (χ2v) is 3.13. The smallest absolute Gasteiger partial charge is 0.152 e. The van der Waals surface area contributed by atoms with Crippen LogP contribution in [0.2, 0.25) is 0 Å². The third-order valence-corrected chi connectivity index (χ3v) is 2.06. The van der Waals surface area contributed by atoms with E-state index < -0.39 is 6.29 Å². The molecule has 0 saturated carbocycles. The molecule has 1 aliphatic heterocycles. The van der Waals surface area contributed by atoms with E-state index in [1.54, 1.807) is 0 Å². The standard InChI is InChI=1S/C8H16N2O2/c9-7(4-8(11)12)6-2-1-3-10-5-6/h1-2,6-8,10-12H,3-5,9H2. The van der Waals surface area contributed by atoms with Gasteiger partial charge in [0.25, 0.3) is 0 Å². The third-order valence-electron chi connectivity index (χ3n) is 2.06. The van der Waals surface area contributed by atoms with Crippen molar-refractivity contribution in [2.45, 2.75) is 18.8 Å². The molecule has 0 aromatic heterocycles. The van der Waals surface area contributed by atoms with Crippen molar-refractivity contribution in [1.29, 1.82) is 0 Å². The lowest BCUT2D eigenvalue weighted by Gasteiger charge is -2.24. The van der Waals surface area contributed by atoms with Crippen LogP contribution in [-0.2, 0) is 0 Å². The fraction of sp³-hybridized carbons (Fsp3) is 0.750. The summed E-state index contributed by atoms with van der Waals surface area (Å²) in [7, 11) is 0. The fourth-order valence-electron chi connectivity index (χ4n) is 1.36. The van der Waals surface area contributed by atoms with Crippen LogP contribution < -0.4 is 11.1 Å². The minimum Gasteiger partial charge on any atom is -0.368 e. The monoisotopic (exact) mass is 172 g/mol. The van der Waals surface area contributed by atoms with Gasteiger partial charge in [0.05, 0.1) is 0 Å². The van der Waals surface area contributed by atoms with Gasteiger partial charge < -0.3 is 21.3 Å². The highest BCUT2D eigenvalue weighted by atomic mass is 16.5. The van der Waals surface area contributed by atoms with E-state index >= 15 is 0 Å². The van der Waals surface area contributed by atoms with E-state index in [9.17, 15) is 0 Å². The summed E-state index contributed by atoms with van der Waals surface area (Å²) < 4.78 is 0. The highest BCUT2D eigenvalue weighted by Crippen LogP contribution is 2.10. The highest BCUT2D eigenvalue weighted by molar-refractivity contribution is 4.99. The summed E-state index contributed by atoms with van der Waals surface area (Å²) in [6.45, 7) is 1.70. The summed E-state index contributed by atoms with van der Waals surface area (Å²) in [4.78, 5) is 0. The molecule has 0 aliphatic carbocycles. The van der Waals surface area contributed by atoms with E-state index in [0.29, 0.717) is 0 Å². The Kier molecular flexibility index (Phi) is 3.68. The fourth-order valence-corrected chi connectivity index (χ4v) is 1.36. The summed E-state index contributed by atoms with van der Waals surface area (Å²) in [5.41, 5.74) is 5.74.